The first-order valence-corrected chi connectivity index (χ1v) is 12.0. The van der Waals surface area contributed by atoms with Crippen LogP contribution >= 0.6 is 0 Å². The van der Waals surface area contributed by atoms with Crippen LogP contribution in [-0.4, -0.2) is 65.0 Å². The van der Waals surface area contributed by atoms with Crippen molar-refractivity contribution in [2.75, 3.05) is 44.4 Å². The van der Waals surface area contributed by atoms with Crippen molar-refractivity contribution in [3.8, 4) is 5.69 Å². The lowest BCUT2D eigenvalue weighted by Crippen LogP contribution is -2.27. The van der Waals surface area contributed by atoms with E-state index >= 15 is 0 Å². The lowest BCUT2D eigenvalue weighted by molar-refractivity contribution is 0.160. The largest absolute Gasteiger partial charge is 0.492 e. The van der Waals surface area contributed by atoms with Crippen LogP contribution in [0.4, 0.5) is 11.9 Å². The number of hydrogen-bond acceptors (Lipinski definition) is 8. The van der Waals surface area contributed by atoms with Crippen molar-refractivity contribution in [2.45, 2.75) is 45.1 Å². The fourth-order valence-corrected chi connectivity index (χ4v) is 4.29. The first-order chi connectivity index (χ1) is 16.8. The maximum absolute atomic E-state index is 11.9. The third-order valence-electron chi connectivity index (χ3n) is 6.29. The average molecular weight is 479 g/mol. The number of rotatable bonds is 8. The molecule has 1 aliphatic heterocycles. The van der Waals surface area contributed by atoms with Crippen molar-refractivity contribution in [1.29, 1.82) is 0 Å². The molecule has 9 nitrogen and oxygen atoms in total. The maximum atomic E-state index is 11.9. The lowest BCUT2D eigenvalue weighted by atomic mass is 9.87. The number of likely N-dealkylation sites (tertiary alicyclic amines) is 1. The highest BCUT2D eigenvalue weighted by Crippen LogP contribution is 2.28. The van der Waals surface area contributed by atoms with Crippen LogP contribution in [0.2, 0.25) is 0 Å². The molecule has 0 saturated carbocycles. The number of carbonyl (C=O) groups excluding carboxylic acids is 1. The Hall–Kier alpha value is -3.55. The van der Waals surface area contributed by atoms with Crippen molar-refractivity contribution in [1.82, 2.24) is 19.7 Å². The Morgan fingerprint density at radius 1 is 1.20 bits per heavy atom. The zero-order valence-electron chi connectivity index (χ0n) is 20.9. The fraction of sp³-hybridized carbons (Fsp3) is 0.462. The second-order valence-corrected chi connectivity index (χ2v) is 9.79. The summed E-state index contributed by atoms with van der Waals surface area (Å²) in [5.74, 6) is 3.39. The number of hydrogen-bond donors (Lipinski definition) is 2. The minimum absolute atomic E-state index is 0.0490. The topological polar surface area (TPSA) is 108 Å². The van der Waals surface area contributed by atoms with Gasteiger partial charge in [0.2, 0.25) is 11.9 Å². The van der Waals surface area contributed by atoms with Crippen LogP contribution in [0, 0.1) is 0 Å². The molecule has 2 heterocycles. The standard InChI is InChI=1S/C26H34N6O3/c1-26(2,3)18-7-9-19(10-8-18)32-24(27)29-25(30-32)28-21-11-12-22(23(34-4)20(21)17-33)35-16-15-31-13-5-6-14-31/h7-12,21H,5-6,13-16H2,1-4H3,(H3,27,28,29,30). The van der Waals surface area contributed by atoms with E-state index in [1.807, 2.05) is 24.2 Å². The van der Waals surface area contributed by atoms with Gasteiger partial charge < -0.3 is 20.5 Å². The highest BCUT2D eigenvalue weighted by atomic mass is 16.5. The Morgan fingerprint density at radius 2 is 1.91 bits per heavy atom. The van der Waals surface area contributed by atoms with E-state index in [0.29, 0.717) is 24.1 Å². The number of methoxy groups -OCH3 is 1. The number of nitrogens with zero attached hydrogens (tertiary/aromatic N) is 4. The zero-order chi connectivity index (χ0) is 25.0. The predicted octanol–water partition coefficient (Wildman–Crippen LogP) is 3.23. The zero-order valence-corrected chi connectivity index (χ0v) is 20.9. The molecule has 1 atom stereocenters. The van der Waals surface area contributed by atoms with Gasteiger partial charge in [-0.25, -0.2) is 4.79 Å². The van der Waals surface area contributed by atoms with E-state index < -0.39 is 6.04 Å². The Morgan fingerprint density at radius 3 is 2.54 bits per heavy atom. The molecular formula is C26H34N6O3. The molecule has 1 fully saturated rings. The van der Waals surface area contributed by atoms with Gasteiger partial charge in [0, 0.05) is 6.54 Å². The van der Waals surface area contributed by atoms with Crippen LogP contribution in [0.3, 0.4) is 0 Å². The second-order valence-electron chi connectivity index (χ2n) is 9.79. The first kappa shape index (κ1) is 24.6. The van der Waals surface area contributed by atoms with Gasteiger partial charge in [0.15, 0.2) is 11.5 Å². The summed E-state index contributed by atoms with van der Waals surface area (Å²) < 4.78 is 13.0. The van der Waals surface area contributed by atoms with Crippen LogP contribution in [-0.2, 0) is 19.7 Å². The Labute approximate surface area is 206 Å². The van der Waals surface area contributed by atoms with Crippen LogP contribution in [0.25, 0.3) is 5.69 Å². The molecule has 2 aliphatic rings. The molecule has 0 bridgehead atoms. The Kier molecular flexibility index (Phi) is 7.28. The number of benzene rings is 1. The molecule has 2 aromatic rings. The van der Waals surface area contributed by atoms with E-state index in [1.54, 1.807) is 10.8 Å². The van der Waals surface area contributed by atoms with Crippen molar-refractivity contribution in [2.24, 2.45) is 0 Å². The predicted molar refractivity (Wildman–Crippen MR) is 136 cm³/mol. The SMILES string of the molecule is COC1=C(OCCN2CCCC2)C=CC(Nc2nc(N)n(-c3ccc(C(C)(C)C)cc3)n2)C1=C=O. The number of nitrogen functional groups attached to an aromatic ring is 1. The van der Waals surface area contributed by atoms with Crippen molar-refractivity contribution in [3.63, 3.8) is 0 Å². The summed E-state index contributed by atoms with van der Waals surface area (Å²) in [5.41, 5.74) is 8.49. The summed E-state index contributed by atoms with van der Waals surface area (Å²) in [5, 5.41) is 7.64. The van der Waals surface area contributed by atoms with E-state index in [9.17, 15) is 4.79 Å². The third-order valence-corrected chi connectivity index (χ3v) is 6.29. The highest BCUT2D eigenvalue weighted by molar-refractivity contribution is 5.67. The molecule has 1 aromatic heterocycles. The Balaban J connectivity index is 1.46. The number of nitrogens with one attached hydrogen (secondary N) is 1. The first-order valence-electron chi connectivity index (χ1n) is 12.0. The van der Waals surface area contributed by atoms with Crippen LogP contribution < -0.4 is 11.1 Å². The summed E-state index contributed by atoms with van der Waals surface area (Å²) in [6.07, 6.45) is 6.07. The highest BCUT2D eigenvalue weighted by Gasteiger charge is 2.27. The van der Waals surface area contributed by atoms with E-state index in [4.69, 9.17) is 15.2 Å². The summed E-state index contributed by atoms with van der Waals surface area (Å²) in [6.45, 7) is 10.1. The van der Waals surface area contributed by atoms with Gasteiger partial charge in [-0.05, 0) is 55.1 Å². The van der Waals surface area contributed by atoms with E-state index in [1.165, 1.54) is 25.5 Å². The number of ether oxygens (including phenoxy) is 2. The smallest absolute Gasteiger partial charge is 0.245 e. The van der Waals surface area contributed by atoms with Gasteiger partial charge in [-0.15, -0.1) is 5.10 Å². The van der Waals surface area contributed by atoms with E-state index in [-0.39, 0.29) is 16.9 Å². The van der Waals surface area contributed by atoms with Crippen LogP contribution in [0.5, 0.6) is 0 Å². The van der Waals surface area contributed by atoms with Crippen molar-refractivity contribution < 1.29 is 14.3 Å². The molecule has 0 amide bonds. The lowest BCUT2D eigenvalue weighted by Gasteiger charge is -2.23. The van der Waals surface area contributed by atoms with E-state index in [0.717, 1.165) is 25.3 Å². The molecular weight excluding hydrogens is 444 g/mol. The van der Waals surface area contributed by atoms with Gasteiger partial charge in [-0.3, -0.25) is 4.90 Å². The molecule has 3 N–H and O–H groups in total. The van der Waals surface area contributed by atoms with Gasteiger partial charge in [-0.1, -0.05) is 39.0 Å². The van der Waals surface area contributed by atoms with Gasteiger partial charge in [0.25, 0.3) is 0 Å². The molecule has 186 valence electrons. The minimum Gasteiger partial charge on any atom is -0.492 e. The number of anilines is 2. The molecule has 35 heavy (non-hydrogen) atoms. The quantitative estimate of drug-likeness (QED) is 0.557. The van der Waals surface area contributed by atoms with E-state index in [2.05, 4.69) is 53.2 Å². The summed E-state index contributed by atoms with van der Waals surface area (Å²) in [7, 11) is 1.51. The number of nitrogens with two attached hydrogens (primary N) is 1. The number of aromatic nitrogens is 3. The molecule has 1 saturated heterocycles. The molecule has 0 spiro atoms. The van der Waals surface area contributed by atoms with Crippen molar-refractivity contribution >= 4 is 17.8 Å². The molecule has 9 heteroatoms. The van der Waals surface area contributed by atoms with Gasteiger partial charge in [0.05, 0.1) is 18.8 Å². The molecule has 0 radical (unpaired) electrons. The normalized spacial score (nSPS) is 18.6. The monoisotopic (exact) mass is 478 g/mol. The summed E-state index contributed by atoms with van der Waals surface area (Å²) in [6, 6.07) is 7.50. The summed E-state index contributed by atoms with van der Waals surface area (Å²) >= 11 is 0. The molecule has 1 unspecified atom stereocenters. The average Bonchev–Trinajstić information content (AvgIpc) is 3.48. The molecule has 4 rings (SSSR count). The molecule has 1 aromatic carbocycles. The fourth-order valence-electron chi connectivity index (χ4n) is 4.29. The Bertz CT molecular complexity index is 1150. The van der Waals surface area contributed by atoms with Gasteiger partial charge in [0.1, 0.15) is 18.1 Å². The number of allylic oxidation sites excluding steroid dienone is 1. The van der Waals surface area contributed by atoms with Crippen LogP contribution in [0.1, 0.15) is 39.2 Å². The summed E-state index contributed by atoms with van der Waals surface area (Å²) in [4.78, 5) is 18.6. The third kappa shape index (κ3) is 5.58. The van der Waals surface area contributed by atoms with Gasteiger partial charge >= 0.3 is 0 Å². The van der Waals surface area contributed by atoms with Crippen molar-refractivity contribution in [3.05, 3.63) is 59.1 Å². The minimum atomic E-state index is -0.535. The van der Waals surface area contributed by atoms with Crippen LogP contribution in [0.15, 0.2) is 53.5 Å². The van der Waals surface area contributed by atoms with Gasteiger partial charge in [-0.2, -0.15) is 9.67 Å². The second kappa shape index (κ2) is 10.4. The maximum Gasteiger partial charge on any atom is 0.245 e. The molecule has 1 aliphatic carbocycles.